The van der Waals surface area contributed by atoms with Crippen LogP contribution in [-0.2, 0) is 11.3 Å². The smallest absolute Gasteiger partial charge is 0.410 e. The number of amides is 1. The zero-order valence-corrected chi connectivity index (χ0v) is 18.0. The molecule has 0 aromatic heterocycles. The van der Waals surface area contributed by atoms with E-state index in [0.717, 1.165) is 36.3 Å². The number of piperazine rings is 1. The van der Waals surface area contributed by atoms with Gasteiger partial charge in [0.15, 0.2) is 0 Å². The first-order valence-corrected chi connectivity index (χ1v) is 10.2. The molecule has 1 aliphatic heterocycles. The van der Waals surface area contributed by atoms with Crippen LogP contribution in [0, 0.1) is 17.1 Å². The lowest BCUT2D eigenvalue weighted by Gasteiger charge is -2.40. The third-order valence-corrected chi connectivity index (χ3v) is 5.09. The minimum Gasteiger partial charge on any atom is -0.444 e. The Kier molecular flexibility index (Phi) is 6.42. The molecule has 1 fully saturated rings. The van der Waals surface area contributed by atoms with E-state index in [9.17, 15) is 9.18 Å². The topological polar surface area (TPSA) is 56.6 Å². The summed E-state index contributed by atoms with van der Waals surface area (Å²) in [5.41, 5.74) is 2.45. The summed E-state index contributed by atoms with van der Waals surface area (Å²) in [6, 6.07) is 14.6. The van der Waals surface area contributed by atoms with Crippen molar-refractivity contribution in [2.24, 2.45) is 0 Å². The SMILES string of the molecule is C[C@H]1CN(Cc2cccc(-c3ccc(F)c(C#N)c3)c2)CCN1C(=O)OC(C)(C)C. The van der Waals surface area contributed by atoms with E-state index >= 15 is 0 Å². The fourth-order valence-corrected chi connectivity index (χ4v) is 3.67. The molecule has 0 saturated carbocycles. The van der Waals surface area contributed by atoms with E-state index in [1.807, 2.05) is 45.9 Å². The number of benzene rings is 2. The Hall–Kier alpha value is -2.91. The van der Waals surface area contributed by atoms with E-state index in [2.05, 4.69) is 17.0 Å². The van der Waals surface area contributed by atoms with Crippen molar-refractivity contribution in [3.05, 3.63) is 59.4 Å². The average molecular weight is 410 g/mol. The molecule has 0 N–H and O–H groups in total. The van der Waals surface area contributed by atoms with Gasteiger partial charge in [0.2, 0.25) is 0 Å². The number of hydrogen-bond acceptors (Lipinski definition) is 4. The van der Waals surface area contributed by atoms with Gasteiger partial charge in [0.1, 0.15) is 17.5 Å². The molecule has 0 unspecified atom stereocenters. The number of nitriles is 1. The summed E-state index contributed by atoms with van der Waals surface area (Å²) in [5.74, 6) is -0.505. The van der Waals surface area contributed by atoms with Gasteiger partial charge < -0.3 is 9.64 Å². The highest BCUT2D eigenvalue weighted by atomic mass is 19.1. The van der Waals surface area contributed by atoms with Gasteiger partial charge in [-0.15, -0.1) is 0 Å². The minimum atomic E-state index is -0.505. The highest BCUT2D eigenvalue weighted by Crippen LogP contribution is 2.24. The monoisotopic (exact) mass is 409 g/mol. The van der Waals surface area contributed by atoms with Crippen molar-refractivity contribution in [3.8, 4) is 17.2 Å². The average Bonchev–Trinajstić information content (AvgIpc) is 2.67. The van der Waals surface area contributed by atoms with Crippen molar-refractivity contribution >= 4 is 6.09 Å². The van der Waals surface area contributed by atoms with Crippen LogP contribution in [0.3, 0.4) is 0 Å². The molecule has 0 aliphatic carbocycles. The highest BCUT2D eigenvalue weighted by molar-refractivity contribution is 5.69. The number of halogens is 1. The van der Waals surface area contributed by atoms with Crippen LogP contribution in [0.5, 0.6) is 0 Å². The molecule has 1 aliphatic rings. The quantitative estimate of drug-likeness (QED) is 0.730. The van der Waals surface area contributed by atoms with Gasteiger partial charge in [0.25, 0.3) is 0 Å². The molecule has 1 heterocycles. The van der Waals surface area contributed by atoms with Crippen LogP contribution in [0.15, 0.2) is 42.5 Å². The van der Waals surface area contributed by atoms with Gasteiger partial charge in [-0.25, -0.2) is 9.18 Å². The minimum absolute atomic E-state index is 0.0463. The number of ether oxygens (including phenoxy) is 1. The first-order chi connectivity index (χ1) is 14.2. The molecular weight excluding hydrogens is 381 g/mol. The molecule has 0 spiro atoms. The lowest BCUT2D eigenvalue weighted by Crippen LogP contribution is -2.54. The summed E-state index contributed by atoms with van der Waals surface area (Å²) in [6.45, 7) is 10.6. The predicted molar refractivity (Wildman–Crippen MR) is 114 cm³/mol. The molecule has 0 radical (unpaired) electrons. The summed E-state index contributed by atoms with van der Waals surface area (Å²) in [5, 5.41) is 9.07. The van der Waals surface area contributed by atoms with E-state index in [-0.39, 0.29) is 17.7 Å². The summed E-state index contributed by atoms with van der Waals surface area (Å²) < 4.78 is 19.1. The van der Waals surface area contributed by atoms with Crippen LogP contribution in [-0.4, -0.2) is 47.2 Å². The zero-order chi connectivity index (χ0) is 21.9. The van der Waals surface area contributed by atoms with E-state index in [1.165, 1.54) is 6.07 Å². The van der Waals surface area contributed by atoms with Crippen molar-refractivity contribution in [3.63, 3.8) is 0 Å². The standard InChI is InChI=1S/C24H28FN3O2/c1-17-15-27(10-11-28(17)23(29)30-24(2,3)4)16-18-6-5-7-19(12-18)20-8-9-22(25)21(13-20)14-26/h5-9,12-13,17H,10-11,15-16H2,1-4H3/t17-/m0/s1. The predicted octanol–water partition coefficient (Wildman–Crippen LogP) is 4.81. The van der Waals surface area contributed by atoms with Crippen LogP contribution in [0.2, 0.25) is 0 Å². The number of carbonyl (C=O) groups excluding carboxylic acids is 1. The maximum absolute atomic E-state index is 13.6. The molecule has 1 saturated heterocycles. The summed E-state index contributed by atoms with van der Waals surface area (Å²) in [6.07, 6.45) is -0.263. The van der Waals surface area contributed by atoms with Crippen molar-refractivity contribution in [1.82, 2.24) is 9.80 Å². The van der Waals surface area contributed by atoms with E-state index in [4.69, 9.17) is 10.00 Å². The number of carbonyl (C=O) groups is 1. The van der Waals surface area contributed by atoms with Crippen LogP contribution in [0.1, 0.15) is 38.8 Å². The summed E-state index contributed by atoms with van der Waals surface area (Å²) in [4.78, 5) is 16.5. The summed E-state index contributed by atoms with van der Waals surface area (Å²) >= 11 is 0. The molecular formula is C24H28FN3O2. The van der Waals surface area contributed by atoms with E-state index < -0.39 is 11.4 Å². The number of hydrogen-bond donors (Lipinski definition) is 0. The molecule has 2 aromatic carbocycles. The molecule has 0 bridgehead atoms. The van der Waals surface area contributed by atoms with Gasteiger partial charge in [-0.2, -0.15) is 5.26 Å². The number of rotatable bonds is 3. The van der Waals surface area contributed by atoms with Gasteiger partial charge in [0.05, 0.1) is 5.56 Å². The van der Waals surface area contributed by atoms with Gasteiger partial charge >= 0.3 is 6.09 Å². The molecule has 2 aromatic rings. The lowest BCUT2D eigenvalue weighted by molar-refractivity contribution is 0.000563. The Labute approximate surface area is 177 Å². The van der Waals surface area contributed by atoms with Crippen molar-refractivity contribution < 1.29 is 13.9 Å². The molecule has 5 nitrogen and oxygen atoms in total. The molecule has 6 heteroatoms. The molecule has 30 heavy (non-hydrogen) atoms. The molecule has 1 atom stereocenters. The van der Waals surface area contributed by atoms with E-state index in [0.29, 0.717) is 6.54 Å². The Morgan fingerprint density at radius 3 is 2.60 bits per heavy atom. The molecule has 1 amide bonds. The highest BCUT2D eigenvalue weighted by Gasteiger charge is 2.30. The Morgan fingerprint density at radius 2 is 1.93 bits per heavy atom. The maximum atomic E-state index is 13.6. The molecule has 3 rings (SSSR count). The van der Waals surface area contributed by atoms with Crippen LogP contribution in [0.25, 0.3) is 11.1 Å². The fourth-order valence-electron chi connectivity index (χ4n) is 3.67. The summed E-state index contributed by atoms with van der Waals surface area (Å²) in [7, 11) is 0. The second kappa shape index (κ2) is 8.85. The van der Waals surface area contributed by atoms with Crippen molar-refractivity contribution in [2.75, 3.05) is 19.6 Å². The van der Waals surface area contributed by atoms with Gasteiger partial charge in [-0.3, -0.25) is 4.90 Å². The van der Waals surface area contributed by atoms with Crippen molar-refractivity contribution in [1.29, 1.82) is 5.26 Å². The third-order valence-electron chi connectivity index (χ3n) is 5.09. The van der Waals surface area contributed by atoms with Crippen LogP contribution >= 0.6 is 0 Å². The normalized spacial score (nSPS) is 17.5. The van der Waals surface area contributed by atoms with Gasteiger partial charge in [-0.05, 0) is 62.6 Å². The van der Waals surface area contributed by atoms with E-state index in [1.54, 1.807) is 17.0 Å². The first-order valence-electron chi connectivity index (χ1n) is 10.2. The Morgan fingerprint density at radius 1 is 1.20 bits per heavy atom. The third kappa shape index (κ3) is 5.37. The van der Waals surface area contributed by atoms with Crippen molar-refractivity contribution in [2.45, 2.75) is 45.9 Å². The Balaban J connectivity index is 1.66. The maximum Gasteiger partial charge on any atom is 0.410 e. The second-order valence-corrected chi connectivity index (χ2v) is 8.76. The fraction of sp³-hybridized carbons (Fsp3) is 0.417. The zero-order valence-electron chi connectivity index (χ0n) is 18.0. The second-order valence-electron chi connectivity index (χ2n) is 8.76. The van der Waals surface area contributed by atoms with Crippen LogP contribution < -0.4 is 0 Å². The van der Waals surface area contributed by atoms with Gasteiger partial charge in [-0.1, -0.05) is 24.3 Å². The number of nitrogens with zero attached hydrogens (tertiary/aromatic N) is 3. The lowest BCUT2D eigenvalue weighted by atomic mass is 10.0. The van der Waals surface area contributed by atoms with Gasteiger partial charge in [0, 0.05) is 32.2 Å². The Bertz CT molecular complexity index is 962. The first kappa shape index (κ1) is 21.8. The largest absolute Gasteiger partial charge is 0.444 e. The van der Waals surface area contributed by atoms with Crippen LogP contribution in [0.4, 0.5) is 9.18 Å². The molecule has 158 valence electrons.